The van der Waals surface area contributed by atoms with Gasteiger partial charge < -0.3 is 9.47 Å². The second-order valence-corrected chi connectivity index (χ2v) is 4.63. The summed E-state index contributed by atoms with van der Waals surface area (Å²) in [5.74, 6) is 1.63. The van der Waals surface area contributed by atoms with E-state index in [9.17, 15) is 4.79 Å². The van der Waals surface area contributed by atoms with Crippen molar-refractivity contribution < 1.29 is 14.3 Å². The van der Waals surface area contributed by atoms with Gasteiger partial charge in [-0.2, -0.15) is 0 Å². The summed E-state index contributed by atoms with van der Waals surface area (Å²) in [6.45, 7) is 3.91. The lowest BCUT2D eigenvalue weighted by molar-refractivity contribution is 0.101. The number of Topliss-reactive ketones (excluding diaryl/α,β-unsaturated/α-hetero) is 1. The maximum absolute atomic E-state index is 11.4. The van der Waals surface area contributed by atoms with E-state index >= 15 is 0 Å². The van der Waals surface area contributed by atoms with E-state index in [1.165, 1.54) is 0 Å². The first-order chi connectivity index (χ1) is 9.61. The number of hydrogen-bond acceptors (Lipinski definition) is 3. The van der Waals surface area contributed by atoms with Crippen molar-refractivity contribution in [1.82, 2.24) is 0 Å². The Balaban J connectivity index is 2.11. The van der Waals surface area contributed by atoms with Crippen molar-refractivity contribution in [3.63, 3.8) is 0 Å². The lowest BCUT2D eigenvalue weighted by Gasteiger charge is -2.11. The van der Waals surface area contributed by atoms with Gasteiger partial charge in [0, 0.05) is 11.1 Å². The van der Waals surface area contributed by atoms with Gasteiger partial charge in [0.15, 0.2) is 5.78 Å². The van der Waals surface area contributed by atoms with Crippen molar-refractivity contribution in [3.05, 3.63) is 59.2 Å². The Morgan fingerprint density at radius 2 is 1.90 bits per heavy atom. The third kappa shape index (κ3) is 3.18. The summed E-state index contributed by atoms with van der Waals surface area (Å²) in [5, 5.41) is 0. The monoisotopic (exact) mass is 270 g/mol. The minimum absolute atomic E-state index is 0.0683. The largest absolute Gasteiger partial charge is 0.496 e. The van der Waals surface area contributed by atoms with Gasteiger partial charge >= 0.3 is 0 Å². The molecule has 2 aromatic carbocycles. The standard InChI is InChI=1S/C17H18O3/c1-12-10-15(8-9-16(12)13(2)18)20-11-14-6-4-5-7-17(14)19-3/h4-10H,11H2,1-3H3. The molecule has 2 aromatic rings. The number of methoxy groups -OCH3 is 1. The van der Waals surface area contributed by atoms with E-state index in [0.717, 1.165) is 28.2 Å². The molecule has 0 radical (unpaired) electrons. The molecule has 0 atom stereocenters. The van der Waals surface area contributed by atoms with Gasteiger partial charge in [-0.05, 0) is 43.7 Å². The predicted molar refractivity (Wildman–Crippen MR) is 78.5 cm³/mol. The van der Waals surface area contributed by atoms with Crippen molar-refractivity contribution in [2.75, 3.05) is 7.11 Å². The lowest BCUT2D eigenvalue weighted by Crippen LogP contribution is -2.00. The average molecular weight is 270 g/mol. The van der Waals surface area contributed by atoms with Crippen LogP contribution in [0, 0.1) is 6.92 Å². The first kappa shape index (κ1) is 14.1. The smallest absolute Gasteiger partial charge is 0.160 e. The van der Waals surface area contributed by atoms with Crippen molar-refractivity contribution >= 4 is 5.78 Å². The van der Waals surface area contributed by atoms with Gasteiger partial charge in [0.05, 0.1) is 7.11 Å². The zero-order valence-corrected chi connectivity index (χ0v) is 12.0. The molecular formula is C17H18O3. The number of para-hydroxylation sites is 1. The molecule has 0 fully saturated rings. The molecule has 0 aromatic heterocycles. The summed E-state index contributed by atoms with van der Waals surface area (Å²) < 4.78 is 11.0. The van der Waals surface area contributed by atoms with Crippen LogP contribution in [0.15, 0.2) is 42.5 Å². The fourth-order valence-electron chi connectivity index (χ4n) is 2.10. The van der Waals surface area contributed by atoms with Crippen molar-refractivity contribution in [1.29, 1.82) is 0 Å². The zero-order chi connectivity index (χ0) is 14.5. The molecule has 3 heteroatoms. The molecule has 20 heavy (non-hydrogen) atoms. The highest BCUT2D eigenvalue weighted by molar-refractivity contribution is 5.95. The molecule has 0 aliphatic carbocycles. The Morgan fingerprint density at radius 1 is 1.15 bits per heavy atom. The third-order valence-corrected chi connectivity index (χ3v) is 3.16. The van der Waals surface area contributed by atoms with Crippen LogP contribution in [0.1, 0.15) is 28.4 Å². The number of rotatable bonds is 5. The first-order valence-electron chi connectivity index (χ1n) is 6.48. The van der Waals surface area contributed by atoms with Crippen LogP contribution in [-0.2, 0) is 6.61 Å². The molecule has 0 spiro atoms. The highest BCUT2D eigenvalue weighted by Crippen LogP contribution is 2.22. The average Bonchev–Trinajstić information content (AvgIpc) is 2.45. The van der Waals surface area contributed by atoms with Gasteiger partial charge in [-0.3, -0.25) is 4.79 Å². The molecule has 0 aliphatic rings. The fraction of sp³-hybridized carbons (Fsp3) is 0.235. The summed E-state index contributed by atoms with van der Waals surface area (Å²) in [6, 6.07) is 13.2. The van der Waals surface area contributed by atoms with Crippen LogP contribution in [0.25, 0.3) is 0 Å². The van der Waals surface area contributed by atoms with E-state index in [0.29, 0.717) is 6.61 Å². The lowest BCUT2D eigenvalue weighted by atomic mass is 10.1. The summed E-state index contributed by atoms with van der Waals surface area (Å²) in [7, 11) is 1.64. The van der Waals surface area contributed by atoms with Crippen LogP contribution in [0.3, 0.4) is 0 Å². The van der Waals surface area contributed by atoms with Gasteiger partial charge in [0.25, 0.3) is 0 Å². The molecule has 0 amide bonds. The second kappa shape index (κ2) is 6.24. The Hall–Kier alpha value is -2.29. The number of benzene rings is 2. The quantitative estimate of drug-likeness (QED) is 0.775. The van der Waals surface area contributed by atoms with E-state index in [1.54, 1.807) is 20.1 Å². The van der Waals surface area contributed by atoms with Gasteiger partial charge in [-0.1, -0.05) is 18.2 Å². The topological polar surface area (TPSA) is 35.5 Å². The molecule has 2 rings (SSSR count). The number of hydrogen-bond donors (Lipinski definition) is 0. The van der Waals surface area contributed by atoms with Crippen LogP contribution >= 0.6 is 0 Å². The summed E-state index contributed by atoms with van der Waals surface area (Å²) in [5.41, 5.74) is 2.65. The summed E-state index contributed by atoms with van der Waals surface area (Å²) in [4.78, 5) is 11.4. The van der Waals surface area contributed by atoms with Gasteiger partial charge in [-0.25, -0.2) is 0 Å². The SMILES string of the molecule is COc1ccccc1COc1ccc(C(C)=O)c(C)c1. The number of ether oxygens (including phenoxy) is 2. The minimum atomic E-state index is 0.0683. The molecule has 0 saturated carbocycles. The van der Waals surface area contributed by atoms with E-state index in [1.807, 2.05) is 43.3 Å². The van der Waals surface area contributed by atoms with Gasteiger partial charge in [0.1, 0.15) is 18.1 Å². The Kier molecular flexibility index (Phi) is 4.41. The molecular weight excluding hydrogens is 252 g/mol. The molecule has 3 nitrogen and oxygen atoms in total. The number of ketones is 1. The maximum Gasteiger partial charge on any atom is 0.160 e. The van der Waals surface area contributed by atoms with Gasteiger partial charge in [0.2, 0.25) is 0 Å². The normalized spacial score (nSPS) is 10.2. The maximum atomic E-state index is 11.4. The van der Waals surface area contributed by atoms with Crippen LogP contribution in [0.2, 0.25) is 0 Å². The van der Waals surface area contributed by atoms with Crippen LogP contribution < -0.4 is 9.47 Å². The van der Waals surface area contributed by atoms with Crippen LogP contribution in [0.4, 0.5) is 0 Å². The Labute approximate surface area is 119 Å². The number of aryl methyl sites for hydroxylation is 1. The van der Waals surface area contributed by atoms with Crippen LogP contribution in [-0.4, -0.2) is 12.9 Å². The molecule has 0 N–H and O–H groups in total. The second-order valence-electron chi connectivity index (χ2n) is 4.63. The summed E-state index contributed by atoms with van der Waals surface area (Å²) in [6.07, 6.45) is 0. The third-order valence-electron chi connectivity index (χ3n) is 3.16. The van der Waals surface area contributed by atoms with Crippen molar-refractivity contribution in [3.8, 4) is 11.5 Å². The van der Waals surface area contributed by atoms with E-state index in [4.69, 9.17) is 9.47 Å². The highest BCUT2D eigenvalue weighted by atomic mass is 16.5. The Morgan fingerprint density at radius 3 is 2.55 bits per heavy atom. The predicted octanol–water partition coefficient (Wildman–Crippen LogP) is 3.79. The van der Waals surface area contributed by atoms with E-state index < -0.39 is 0 Å². The van der Waals surface area contributed by atoms with Gasteiger partial charge in [-0.15, -0.1) is 0 Å². The zero-order valence-electron chi connectivity index (χ0n) is 12.0. The highest BCUT2D eigenvalue weighted by Gasteiger charge is 2.06. The molecule has 0 unspecified atom stereocenters. The fourth-order valence-corrected chi connectivity index (χ4v) is 2.10. The molecule has 104 valence electrons. The molecule has 0 aliphatic heterocycles. The first-order valence-corrected chi connectivity index (χ1v) is 6.48. The Bertz CT molecular complexity index is 617. The molecule has 0 bridgehead atoms. The van der Waals surface area contributed by atoms with Crippen LogP contribution in [0.5, 0.6) is 11.5 Å². The van der Waals surface area contributed by atoms with E-state index in [2.05, 4.69) is 0 Å². The molecule has 0 saturated heterocycles. The number of carbonyl (C=O) groups is 1. The summed E-state index contributed by atoms with van der Waals surface area (Å²) >= 11 is 0. The number of carbonyl (C=O) groups excluding carboxylic acids is 1. The van der Waals surface area contributed by atoms with Crippen molar-refractivity contribution in [2.24, 2.45) is 0 Å². The van der Waals surface area contributed by atoms with E-state index in [-0.39, 0.29) is 5.78 Å². The minimum Gasteiger partial charge on any atom is -0.496 e. The van der Waals surface area contributed by atoms with Crippen molar-refractivity contribution in [2.45, 2.75) is 20.5 Å². The molecule has 0 heterocycles.